The third kappa shape index (κ3) is 0.944. The Morgan fingerprint density at radius 1 is 1.55 bits per heavy atom. The zero-order valence-electron chi connectivity index (χ0n) is 6.73. The molecule has 1 aliphatic carbocycles. The second kappa shape index (κ2) is 2.02. The molecule has 1 saturated carbocycles. The van der Waals surface area contributed by atoms with Crippen LogP contribution in [0.3, 0.4) is 0 Å². The Morgan fingerprint density at radius 2 is 2.18 bits per heavy atom. The Morgan fingerprint density at radius 3 is 2.55 bits per heavy atom. The molecule has 60 valence electrons. The van der Waals surface area contributed by atoms with Crippen molar-refractivity contribution in [3.8, 4) is 0 Å². The van der Waals surface area contributed by atoms with Crippen molar-refractivity contribution in [3.63, 3.8) is 0 Å². The fourth-order valence-electron chi connectivity index (χ4n) is 1.55. The van der Waals surface area contributed by atoms with Crippen LogP contribution in [0, 0.1) is 5.41 Å². The lowest BCUT2D eigenvalue weighted by molar-refractivity contribution is 0.596. The summed E-state index contributed by atoms with van der Waals surface area (Å²) in [5, 5.41) is 4.25. The van der Waals surface area contributed by atoms with Crippen LogP contribution in [0.4, 0.5) is 0 Å². The van der Waals surface area contributed by atoms with E-state index in [1.165, 1.54) is 5.56 Å². The Hall–Kier alpha value is -0.0100. The lowest BCUT2D eigenvalue weighted by Gasteiger charge is -2.09. The second-order valence-corrected chi connectivity index (χ2v) is 5.30. The summed E-state index contributed by atoms with van der Waals surface area (Å²) in [6.45, 7) is 4.44. The first-order chi connectivity index (χ1) is 5.06. The Balaban J connectivity index is 2.33. The van der Waals surface area contributed by atoms with Gasteiger partial charge in [0.05, 0.1) is 4.87 Å². The lowest BCUT2D eigenvalue weighted by Crippen LogP contribution is -2.03. The maximum Gasteiger partial charge on any atom is 0.0760 e. The van der Waals surface area contributed by atoms with Gasteiger partial charge in [-0.05, 0) is 34.2 Å². The third-order valence-corrected chi connectivity index (χ3v) is 4.16. The molecule has 0 spiro atoms. The molecule has 1 aromatic rings. The van der Waals surface area contributed by atoms with Crippen LogP contribution in [0.15, 0.2) is 16.8 Å². The molecule has 1 fully saturated rings. The van der Waals surface area contributed by atoms with E-state index in [-0.39, 0.29) is 4.87 Å². The van der Waals surface area contributed by atoms with Gasteiger partial charge in [-0.1, -0.05) is 13.8 Å². The van der Waals surface area contributed by atoms with Gasteiger partial charge >= 0.3 is 0 Å². The summed E-state index contributed by atoms with van der Waals surface area (Å²) in [7, 11) is 0. The largest absolute Gasteiger partial charge is 0.152 e. The molecule has 0 aliphatic heterocycles. The average Bonchev–Trinajstić information content (AvgIpc) is 2.36. The maximum absolute atomic E-state index is 6.41. The van der Waals surface area contributed by atoms with E-state index < -0.39 is 0 Å². The maximum atomic E-state index is 6.41. The van der Waals surface area contributed by atoms with Gasteiger partial charge in [0.2, 0.25) is 0 Å². The van der Waals surface area contributed by atoms with E-state index >= 15 is 0 Å². The topological polar surface area (TPSA) is 0 Å². The molecule has 1 unspecified atom stereocenters. The standard InChI is InChI=1S/C9H11ClS/c1-8(2)6-9(8,10)7-3-4-11-5-7/h3-5H,6H2,1-2H3. The first kappa shape index (κ1) is 7.63. The lowest BCUT2D eigenvalue weighted by atomic mass is 10.1. The molecule has 0 radical (unpaired) electrons. The average molecular weight is 187 g/mol. The number of hydrogen-bond acceptors (Lipinski definition) is 1. The van der Waals surface area contributed by atoms with E-state index in [2.05, 4.69) is 30.7 Å². The molecule has 0 amide bonds. The molecule has 2 heteroatoms. The molecule has 1 aromatic heterocycles. The summed E-state index contributed by atoms with van der Waals surface area (Å²) in [6, 6.07) is 2.13. The number of thiophene rings is 1. The second-order valence-electron chi connectivity index (χ2n) is 3.87. The van der Waals surface area contributed by atoms with Crippen LogP contribution in [0.5, 0.6) is 0 Å². The van der Waals surface area contributed by atoms with Crippen LogP contribution in [0.2, 0.25) is 0 Å². The quantitative estimate of drug-likeness (QED) is 0.588. The SMILES string of the molecule is CC1(C)CC1(Cl)c1ccsc1. The van der Waals surface area contributed by atoms with Crippen molar-refractivity contribution in [2.45, 2.75) is 25.1 Å². The van der Waals surface area contributed by atoms with E-state index in [1.54, 1.807) is 11.3 Å². The van der Waals surface area contributed by atoms with Gasteiger partial charge in [-0.15, -0.1) is 11.6 Å². The van der Waals surface area contributed by atoms with Crippen LogP contribution in [0.1, 0.15) is 25.8 Å². The minimum absolute atomic E-state index is 0.0486. The Bertz CT molecular complexity index is 263. The Labute approximate surface area is 76.2 Å². The van der Waals surface area contributed by atoms with Crippen LogP contribution in [-0.4, -0.2) is 0 Å². The summed E-state index contributed by atoms with van der Waals surface area (Å²) in [6.07, 6.45) is 1.11. The molecule has 1 atom stereocenters. The van der Waals surface area contributed by atoms with E-state index in [0.29, 0.717) is 5.41 Å². The van der Waals surface area contributed by atoms with Crippen LogP contribution in [-0.2, 0) is 4.87 Å². The van der Waals surface area contributed by atoms with Gasteiger partial charge in [-0.25, -0.2) is 0 Å². The zero-order valence-corrected chi connectivity index (χ0v) is 8.30. The van der Waals surface area contributed by atoms with Crippen molar-refractivity contribution >= 4 is 22.9 Å². The van der Waals surface area contributed by atoms with Crippen molar-refractivity contribution in [2.24, 2.45) is 5.41 Å². The minimum atomic E-state index is -0.0486. The van der Waals surface area contributed by atoms with Crippen molar-refractivity contribution < 1.29 is 0 Å². The molecule has 0 aromatic carbocycles. The molecule has 1 heterocycles. The molecule has 1 aliphatic rings. The third-order valence-electron chi connectivity index (χ3n) is 2.61. The first-order valence-corrected chi connectivity index (χ1v) is 5.10. The zero-order chi connectivity index (χ0) is 8.11. The fraction of sp³-hybridized carbons (Fsp3) is 0.556. The van der Waals surface area contributed by atoms with Crippen molar-refractivity contribution in [1.29, 1.82) is 0 Å². The van der Waals surface area contributed by atoms with Gasteiger partial charge in [-0.2, -0.15) is 11.3 Å². The molecular formula is C9H11ClS. The number of rotatable bonds is 1. The highest BCUT2D eigenvalue weighted by atomic mass is 35.5. The Kier molecular flexibility index (Phi) is 1.40. The summed E-state index contributed by atoms with van der Waals surface area (Å²) in [5.74, 6) is 0. The molecule has 0 saturated heterocycles. The molecule has 0 bridgehead atoms. The van der Waals surface area contributed by atoms with Crippen LogP contribution < -0.4 is 0 Å². The highest BCUT2D eigenvalue weighted by Crippen LogP contribution is 2.67. The van der Waals surface area contributed by atoms with Gasteiger partial charge in [0.15, 0.2) is 0 Å². The van der Waals surface area contributed by atoms with Crippen LogP contribution >= 0.6 is 22.9 Å². The molecule has 2 rings (SSSR count). The highest BCUT2D eigenvalue weighted by Gasteiger charge is 2.61. The van der Waals surface area contributed by atoms with E-state index in [9.17, 15) is 0 Å². The van der Waals surface area contributed by atoms with E-state index in [0.717, 1.165) is 6.42 Å². The smallest absolute Gasteiger partial charge is 0.0760 e. The minimum Gasteiger partial charge on any atom is -0.152 e. The molecular weight excluding hydrogens is 176 g/mol. The van der Waals surface area contributed by atoms with Gasteiger partial charge in [0, 0.05) is 0 Å². The first-order valence-electron chi connectivity index (χ1n) is 3.78. The fourth-order valence-corrected chi connectivity index (χ4v) is 2.79. The molecule has 0 nitrogen and oxygen atoms in total. The monoisotopic (exact) mass is 186 g/mol. The van der Waals surface area contributed by atoms with Gasteiger partial charge < -0.3 is 0 Å². The normalized spacial score (nSPS) is 33.7. The summed E-state index contributed by atoms with van der Waals surface area (Å²) >= 11 is 8.13. The summed E-state index contributed by atoms with van der Waals surface area (Å²) in [5.41, 5.74) is 1.60. The molecule has 11 heavy (non-hydrogen) atoms. The van der Waals surface area contributed by atoms with Gasteiger partial charge in [0.1, 0.15) is 0 Å². The van der Waals surface area contributed by atoms with Crippen molar-refractivity contribution in [2.75, 3.05) is 0 Å². The van der Waals surface area contributed by atoms with E-state index in [1.807, 2.05) is 0 Å². The number of halogens is 1. The number of hydrogen-bond donors (Lipinski definition) is 0. The van der Waals surface area contributed by atoms with Crippen LogP contribution in [0.25, 0.3) is 0 Å². The van der Waals surface area contributed by atoms with Crippen molar-refractivity contribution in [1.82, 2.24) is 0 Å². The highest BCUT2D eigenvalue weighted by molar-refractivity contribution is 7.08. The molecule has 0 N–H and O–H groups in total. The summed E-state index contributed by atoms with van der Waals surface area (Å²) in [4.78, 5) is -0.0486. The predicted molar refractivity (Wildman–Crippen MR) is 50.2 cm³/mol. The van der Waals surface area contributed by atoms with Crippen molar-refractivity contribution in [3.05, 3.63) is 22.4 Å². The number of alkyl halides is 1. The predicted octanol–water partition coefficient (Wildman–Crippen LogP) is 3.61. The summed E-state index contributed by atoms with van der Waals surface area (Å²) < 4.78 is 0. The van der Waals surface area contributed by atoms with Gasteiger partial charge in [0.25, 0.3) is 0 Å². The van der Waals surface area contributed by atoms with E-state index in [4.69, 9.17) is 11.6 Å². The van der Waals surface area contributed by atoms with Gasteiger partial charge in [-0.3, -0.25) is 0 Å².